The van der Waals surface area contributed by atoms with E-state index in [1.807, 2.05) is 0 Å². The lowest BCUT2D eigenvalue weighted by atomic mass is 10.3. The van der Waals surface area contributed by atoms with Crippen LogP contribution in [0.4, 0.5) is 13.2 Å². The van der Waals surface area contributed by atoms with Crippen LogP contribution < -0.4 is 5.32 Å². The summed E-state index contributed by atoms with van der Waals surface area (Å²) in [4.78, 5) is 11.3. The molecule has 0 unspecified atom stereocenters. The van der Waals surface area contributed by atoms with E-state index >= 15 is 0 Å². The fourth-order valence-electron chi connectivity index (χ4n) is 1.28. The first-order valence-corrected chi connectivity index (χ1v) is 5.46. The van der Waals surface area contributed by atoms with Gasteiger partial charge < -0.3 is 5.32 Å². The van der Waals surface area contributed by atoms with Gasteiger partial charge in [0.15, 0.2) is 5.69 Å². The van der Waals surface area contributed by atoms with Crippen molar-refractivity contribution in [2.75, 3.05) is 12.3 Å². The number of aromatic nitrogens is 2. The van der Waals surface area contributed by atoms with Gasteiger partial charge in [-0.3, -0.25) is 9.48 Å². The van der Waals surface area contributed by atoms with Crippen molar-refractivity contribution < 1.29 is 18.0 Å². The topological polar surface area (TPSA) is 46.9 Å². The molecule has 0 aromatic carbocycles. The number of halogens is 3. The number of aryl methyl sites for hydroxylation is 1. The smallest absolute Gasteiger partial charge is 0.354 e. The normalized spacial score (nSPS) is 11.6. The highest BCUT2D eigenvalue weighted by molar-refractivity contribution is 7.80. The molecule has 1 aromatic heterocycles. The molecule has 0 fully saturated rings. The van der Waals surface area contributed by atoms with E-state index in [9.17, 15) is 18.0 Å². The molecule has 0 saturated heterocycles. The molecule has 1 amide bonds. The Kier molecular flexibility index (Phi) is 4.44. The van der Waals surface area contributed by atoms with Crippen LogP contribution in [0.25, 0.3) is 0 Å². The van der Waals surface area contributed by atoms with Crippen molar-refractivity contribution in [2.45, 2.75) is 19.6 Å². The number of amides is 1. The largest absolute Gasteiger partial charge is 0.435 e. The molecule has 1 N–H and O–H groups in total. The second kappa shape index (κ2) is 5.44. The van der Waals surface area contributed by atoms with Crippen LogP contribution in [0.1, 0.15) is 11.3 Å². The summed E-state index contributed by atoms with van der Waals surface area (Å²) < 4.78 is 38.2. The highest BCUT2D eigenvalue weighted by Crippen LogP contribution is 2.29. The Morgan fingerprint density at radius 2 is 2.24 bits per heavy atom. The molecule has 17 heavy (non-hydrogen) atoms. The molecule has 0 spiro atoms. The standard InChI is InChI=1S/C9H12F3N3OS/c1-6-4-15(5-7(16)13-2-3-17)14-8(6)9(10,11)12/h4,17H,2-3,5H2,1H3,(H,13,16). The van der Waals surface area contributed by atoms with E-state index in [-0.39, 0.29) is 12.1 Å². The minimum atomic E-state index is -4.49. The maximum Gasteiger partial charge on any atom is 0.435 e. The number of hydrogen-bond donors (Lipinski definition) is 2. The van der Waals surface area contributed by atoms with Crippen molar-refractivity contribution in [3.8, 4) is 0 Å². The van der Waals surface area contributed by atoms with Crippen LogP contribution in [-0.4, -0.2) is 28.0 Å². The monoisotopic (exact) mass is 267 g/mol. The minimum absolute atomic E-state index is 0.000467. The summed E-state index contributed by atoms with van der Waals surface area (Å²) in [5, 5.41) is 5.83. The van der Waals surface area contributed by atoms with Gasteiger partial charge in [0.25, 0.3) is 0 Å². The van der Waals surface area contributed by atoms with Crippen molar-refractivity contribution in [1.82, 2.24) is 15.1 Å². The fourth-order valence-corrected chi connectivity index (χ4v) is 1.39. The average Bonchev–Trinajstić information content (AvgIpc) is 2.56. The lowest BCUT2D eigenvalue weighted by Gasteiger charge is -2.04. The summed E-state index contributed by atoms with van der Waals surface area (Å²) in [7, 11) is 0. The van der Waals surface area contributed by atoms with Crippen LogP contribution in [0.5, 0.6) is 0 Å². The Morgan fingerprint density at radius 3 is 2.71 bits per heavy atom. The van der Waals surface area contributed by atoms with E-state index in [0.717, 1.165) is 4.68 Å². The van der Waals surface area contributed by atoms with Gasteiger partial charge in [-0.2, -0.15) is 30.9 Å². The van der Waals surface area contributed by atoms with E-state index in [2.05, 4.69) is 23.0 Å². The molecule has 1 heterocycles. The van der Waals surface area contributed by atoms with Gasteiger partial charge in [0, 0.05) is 18.5 Å². The first kappa shape index (κ1) is 13.9. The molecule has 8 heteroatoms. The first-order valence-electron chi connectivity index (χ1n) is 4.83. The molecular weight excluding hydrogens is 255 g/mol. The number of carbonyl (C=O) groups is 1. The van der Waals surface area contributed by atoms with Crippen LogP contribution in [0.2, 0.25) is 0 Å². The minimum Gasteiger partial charge on any atom is -0.354 e. The molecule has 1 aromatic rings. The summed E-state index contributed by atoms with van der Waals surface area (Å²) in [6.45, 7) is 1.44. The van der Waals surface area contributed by atoms with Crippen LogP contribution in [0, 0.1) is 6.92 Å². The van der Waals surface area contributed by atoms with Crippen LogP contribution >= 0.6 is 12.6 Å². The maximum atomic E-state index is 12.4. The van der Waals surface area contributed by atoms with E-state index in [0.29, 0.717) is 12.3 Å². The lowest BCUT2D eigenvalue weighted by Crippen LogP contribution is -2.29. The molecule has 0 bridgehead atoms. The van der Waals surface area contributed by atoms with Gasteiger partial charge in [-0.1, -0.05) is 0 Å². The number of nitrogens with one attached hydrogen (secondary N) is 1. The van der Waals surface area contributed by atoms with Gasteiger partial charge in [0.1, 0.15) is 6.54 Å². The van der Waals surface area contributed by atoms with Gasteiger partial charge in [0.05, 0.1) is 0 Å². The highest BCUT2D eigenvalue weighted by Gasteiger charge is 2.35. The predicted octanol–water partition coefficient (Wildman–Crippen LogP) is 1.26. The average molecular weight is 267 g/mol. The number of carbonyl (C=O) groups excluding carboxylic acids is 1. The third-order valence-corrected chi connectivity index (χ3v) is 2.18. The van der Waals surface area contributed by atoms with Crippen molar-refractivity contribution >= 4 is 18.5 Å². The van der Waals surface area contributed by atoms with E-state index in [1.165, 1.54) is 13.1 Å². The predicted molar refractivity (Wildman–Crippen MR) is 58.8 cm³/mol. The molecule has 96 valence electrons. The van der Waals surface area contributed by atoms with E-state index in [1.54, 1.807) is 0 Å². The summed E-state index contributed by atoms with van der Waals surface area (Å²) in [6.07, 6.45) is -3.29. The second-order valence-electron chi connectivity index (χ2n) is 3.43. The summed E-state index contributed by atoms with van der Waals surface area (Å²) in [5.41, 5.74) is -0.959. The molecule has 0 aliphatic rings. The Morgan fingerprint density at radius 1 is 1.59 bits per heavy atom. The highest BCUT2D eigenvalue weighted by atomic mass is 32.1. The SMILES string of the molecule is Cc1cn(CC(=O)NCCS)nc1C(F)(F)F. The van der Waals surface area contributed by atoms with Gasteiger partial charge in [-0.25, -0.2) is 0 Å². The van der Waals surface area contributed by atoms with Gasteiger partial charge >= 0.3 is 6.18 Å². The van der Waals surface area contributed by atoms with Crippen LogP contribution in [-0.2, 0) is 17.5 Å². The lowest BCUT2D eigenvalue weighted by molar-refractivity contribution is -0.142. The number of thiol groups is 1. The molecule has 0 saturated carbocycles. The number of rotatable bonds is 4. The zero-order valence-corrected chi connectivity index (χ0v) is 9.98. The number of hydrogen-bond acceptors (Lipinski definition) is 3. The molecule has 1 rings (SSSR count). The van der Waals surface area contributed by atoms with Crippen molar-refractivity contribution in [3.05, 3.63) is 17.5 Å². The summed E-state index contributed by atoms with van der Waals surface area (Å²) in [5.74, 6) is 0.0767. The third kappa shape index (κ3) is 3.95. The van der Waals surface area contributed by atoms with E-state index < -0.39 is 17.8 Å². The maximum absolute atomic E-state index is 12.4. The number of nitrogens with zero attached hydrogens (tertiary/aromatic N) is 2. The summed E-state index contributed by atoms with van der Waals surface area (Å²) in [6, 6.07) is 0. The van der Waals surface area contributed by atoms with Crippen molar-refractivity contribution in [2.24, 2.45) is 0 Å². The van der Waals surface area contributed by atoms with Gasteiger partial charge in [-0.15, -0.1) is 0 Å². The first-order chi connectivity index (χ1) is 7.84. The second-order valence-corrected chi connectivity index (χ2v) is 3.88. The Bertz CT molecular complexity index is 403. The Labute approximate surface area is 102 Å². The number of alkyl halides is 3. The van der Waals surface area contributed by atoms with Gasteiger partial charge in [0.2, 0.25) is 5.91 Å². The van der Waals surface area contributed by atoms with Crippen molar-refractivity contribution in [3.63, 3.8) is 0 Å². The molecule has 0 aliphatic heterocycles. The zero-order chi connectivity index (χ0) is 13.1. The van der Waals surface area contributed by atoms with Crippen molar-refractivity contribution in [1.29, 1.82) is 0 Å². The Hall–Kier alpha value is -1.18. The fraction of sp³-hybridized carbons (Fsp3) is 0.556. The van der Waals surface area contributed by atoms with Crippen LogP contribution in [0.15, 0.2) is 6.20 Å². The van der Waals surface area contributed by atoms with E-state index in [4.69, 9.17) is 0 Å². The van der Waals surface area contributed by atoms with Crippen LogP contribution in [0.3, 0.4) is 0 Å². The molecule has 4 nitrogen and oxygen atoms in total. The molecule has 0 atom stereocenters. The third-order valence-electron chi connectivity index (χ3n) is 1.95. The Balaban J connectivity index is 2.71. The quantitative estimate of drug-likeness (QED) is 0.807. The van der Waals surface area contributed by atoms with Gasteiger partial charge in [-0.05, 0) is 12.5 Å². The summed E-state index contributed by atoms with van der Waals surface area (Å²) >= 11 is 3.89. The molecule has 0 aliphatic carbocycles. The molecular formula is C9H12F3N3OS. The zero-order valence-electron chi connectivity index (χ0n) is 9.08. The molecule has 0 radical (unpaired) electrons.